The van der Waals surface area contributed by atoms with Crippen LogP contribution in [0, 0.1) is 5.92 Å². The second-order valence-corrected chi connectivity index (χ2v) is 6.81. The molecule has 1 aliphatic rings. The van der Waals surface area contributed by atoms with E-state index in [4.69, 9.17) is 0 Å². The number of nitrogens with one attached hydrogen (secondary N) is 2. The van der Waals surface area contributed by atoms with Crippen molar-refractivity contribution < 1.29 is 9.59 Å². The molecule has 0 spiro atoms. The van der Waals surface area contributed by atoms with Crippen molar-refractivity contribution in [1.29, 1.82) is 0 Å². The van der Waals surface area contributed by atoms with Gasteiger partial charge in [-0.2, -0.15) is 0 Å². The molecule has 0 saturated carbocycles. The fourth-order valence-electron chi connectivity index (χ4n) is 2.64. The van der Waals surface area contributed by atoms with Crippen LogP contribution in [0.2, 0.25) is 0 Å². The molecular weight excluding hydrogens is 314 g/mol. The second kappa shape index (κ2) is 9.25. The summed E-state index contributed by atoms with van der Waals surface area (Å²) in [5.74, 6) is 0.542. The molecule has 0 fully saturated rings. The first-order valence-electron chi connectivity index (χ1n) is 9.12. The number of carbonyl (C=O) groups is 2. The monoisotopic (exact) mass is 343 g/mol. The van der Waals surface area contributed by atoms with Gasteiger partial charge in [-0.25, -0.2) is 0 Å². The lowest BCUT2D eigenvalue weighted by Gasteiger charge is -2.29. The SMILES string of the molecule is CCc1ccc(C2=CCC(=O)N(CCC(=O)NCCC(C)C)N2)cc1. The summed E-state index contributed by atoms with van der Waals surface area (Å²) in [4.78, 5) is 24.0. The summed E-state index contributed by atoms with van der Waals surface area (Å²) in [6.07, 6.45) is 4.53. The number of carbonyl (C=O) groups excluding carboxylic acids is 2. The second-order valence-electron chi connectivity index (χ2n) is 6.81. The predicted octanol–water partition coefficient (Wildman–Crippen LogP) is 2.88. The summed E-state index contributed by atoms with van der Waals surface area (Å²) >= 11 is 0. The van der Waals surface area contributed by atoms with Gasteiger partial charge in [0.25, 0.3) is 0 Å². The number of hydrogen-bond acceptors (Lipinski definition) is 3. The molecule has 1 heterocycles. The van der Waals surface area contributed by atoms with Gasteiger partial charge in [0.05, 0.1) is 12.2 Å². The quantitative estimate of drug-likeness (QED) is 0.763. The maximum Gasteiger partial charge on any atom is 0.244 e. The Morgan fingerprint density at radius 3 is 2.64 bits per heavy atom. The largest absolute Gasteiger partial charge is 0.356 e. The smallest absolute Gasteiger partial charge is 0.244 e. The molecule has 0 unspecified atom stereocenters. The summed E-state index contributed by atoms with van der Waals surface area (Å²) in [7, 11) is 0. The summed E-state index contributed by atoms with van der Waals surface area (Å²) in [5, 5.41) is 4.45. The Morgan fingerprint density at radius 1 is 1.28 bits per heavy atom. The molecule has 2 N–H and O–H groups in total. The highest BCUT2D eigenvalue weighted by Gasteiger charge is 2.20. The van der Waals surface area contributed by atoms with Gasteiger partial charge < -0.3 is 5.32 Å². The molecule has 1 aromatic carbocycles. The molecule has 0 aliphatic carbocycles. The van der Waals surface area contributed by atoms with Crippen LogP contribution >= 0.6 is 0 Å². The molecule has 2 amide bonds. The lowest BCUT2D eigenvalue weighted by Crippen LogP contribution is -2.45. The molecule has 1 aliphatic heterocycles. The molecule has 0 bridgehead atoms. The van der Waals surface area contributed by atoms with Crippen molar-refractivity contribution in [1.82, 2.24) is 15.8 Å². The zero-order valence-electron chi connectivity index (χ0n) is 15.5. The zero-order valence-corrected chi connectivity index (χ0v) is 15.5. The van der Waals surface area contributed by atoms with Gasteiger partial charge in [0, 0.05) is 19.4 Å². The third-order valence-corrected chi connectivity index (χ3v) is 4.32. The Morgan fingerprint density at radius 2 is 2.00 bits per heavy atom. The molecule has 5 heteroatoms. The van der Waals surface area contributed by atoms with Crippen LogP contribution in [-0.2, 0) is 16.0 Å². The maximum atomic E-state index is 12.1. The van der Waals surface area contributed by atoms with E-state index in [1.807, 2.05) is 6.08 Å². The first-order chi connectivity index (χ1) is 12.0. The van der Waals surface area contributed by atoms with Crippen LogP contribution in [0.15, 0.2) is 30.3 Å². The van der Waals surface area contributed by atoms with E-state index in [0.717, 1.165) is 24.1 Å². The van der Waals surface area contributed by atoms with Crippen LogP contribution in [0.5, 0.6) is 0 Å². The summed E-state index contributed by atoms with van der Waals surface area (Å²) in [5.41, 5.74) is 6.41. The van der Waals surface area contributed by atoms with Crippen molar-refractivity contribution in [2.45, 2.75) is 46.5 Å². The van der Waals surface area contributed by atoms with Crippen LogP contribution in [0.3, 0.4) is 0 Å². The summed E-state index contributed by atoms with van der Waals surface area (Å²) in [6, 6.07) is 8.32. The van der Waals surface area contributed by atoms with E-state index in [9.17, 15) is 9.59 Å². The van der Waals surface area contributed by atoms with Crippen molar-refractivity contribution in [3.05, 3.63) is 41.5 Å². The number of aryl methyl sites for hydroxylation is 1. The molecule has 0 radical (unpaired) electrons. The van der Waals surface area contributed by atoms with Crippen LogP contribution in [0.1, 0.15) is 51.2 Å². The molecule has 0 atom stereocenters. The average molecular weight is 343 g/mol. The van der Waals surface area contributed by atoms with Crippen molar-refractivity contribution in [2.75, 3.05) is 13.1 Å². The molecule has 1 aromatic rings. The van der Waals surface area contributed by atoms with Crippen LogP contribution in [0.4, 0.5) is 0 Å². The number of nitrogens with zero attached hydrogens (tertiary/aromatic N) is 1. The number of hydrazine groups is 1. The number of benzene rings is 1. The highest BCUT2D eigenvalue weighted by molar-refractivity contribution is 5.84. The Hall–Kier alpha value is -2.30. The molecular formula is C20H29N3O2. The standard InChI is InChI=1S/C20H29N3O2/c1-4-16-5-7-17(8-6-16)18-9-10-20(25)23(22-18)14-12-19(24)21-13-11-15(2)3/h5-9,15,22H,4,10-14H2,1-3H3,(H,21,24). The maximum absolute atomic E-state index is 12.1. The van der Waals surface area contributed by atoms with E-state index in [2.05, 4.69) is 55.8 Å². The minimum absolute atomic E-state index is 0.0103. The summed E-state index contributed by atoms with van der Waals surface area (Å²) in [6.45, 7) is 7.44. The van der Waals surface area contributed by atoms with Gasteiger partial charge in [-0.15, -0.1) is 0 Å². The van der Waals surface area contributed by atoms with Gasteiger partial charge >= 0.3 is 0 Å². The van der Waals surface area contributed by atoms with Crippen LogP contribution < -0.4 is 10.7 Å². The van der Waals surface area contributed by atoms with Crippen molar-refractivity contribution in [3.8, 4) is 0 Å². The first kappa shape index (κ1) is 19.0. The van der Waals surface area contributed by atoms with E-state index in [1.54, 1.807) is 5.01 Å². The van der Waals surface area contributed by atoms with E-state index < -0.39 is 0 Å². The van der Waals surface area contributed by atoms with Gasteiger partial charge in [-0.1, -0.05) is 45.0 Å². The van der Waals surface area contributed by atoms with Gasteiger partial charge in [-0.3, -0.25) is 20.0 Å². The van der Waals surface area contributed by atoms with E-state index in [1.165, 1.54) is 5.56 Å². The van der Waals surface area contributed by atoms with E-state index in [0.29, 0.717) is 31.8 Å². The fraction of sp³-hybridized carbons (Fsp3) is 0.500. The van der Waals surface area contributed by atoms with Gasteiger partial charge in [0.1, 0.15) is 0 Å². The van der Waals surface area contributed by atoms with E-state index in [-0.39, 0.29) is 11.8 Å². The predicted molar refractivity (Wildman–Crippen MR) is 100 cm³/mol. The average Bonchev–Trinajstić information content (AvgIpc) is 2.61. The van der Waals surface area contributed by atoms with Crippen LogP contribution in [0.25, 0.3) is 5.70 Å². The minimum atomic E-state index is -0.0151. The third-order valence-electron chi connectivity index (χ3n) is 4.32. The third kappa shape index (κ3) is 5.93. The van der Waals surface area contributed by atoms with Gasteiger partial charge in [-0.05, 0) is 36.0 Å². The van der Waals surface area contributed by atoms with Gasteiger partial charge in [0.15, 0.2) is 0 Å². The van der Waals surface area contributed by atoms with E-state index >= 15 is 0 Å². The number of amides is 2. The van der Waals surface area contributed by atoms with Crippen molar-refractivity contribution in [3.63, 3.8) is 0 Å². The Labute approximate surface area is 150 Å². The Balaban J connectivity index is 1.86. The fourth-order valence-corrected chi connectivity index (χ4v) is 2.64. The minimum Gasteiger partial charge on any atom is -0.356 e. The molecule has 25 heavy (non-hydrogen) atoms. The molecule has 2 rings (SSSR count). The molecule has 0 saturated heterocycles. The van der Waals surface area contributed by atoms with Crippen molar-refractivity contribution in [2.24, 2.45) is 5.92 Å². The summed E-state index contributed by atoms with van der Waals surface area (Å²) < 4.78 is 0. The normalized spacial score (nSPS) is 14.3. The highest BCUT2D eigenvalue weighted by atomic mass is 16.2. The number of rotatable bonds is 8. The Kier molecular flexibility index (Phi) is 7.04. The van der Waals surface area contributed by atoms with Crippen LogP contribution in [-0.4, -0.2) is 29.9 Å². The highest BCUT2D eigenvalue weighted by Crippen LogP contribution is 2.18. The molecule has 5 nitrogen and oxygen atoms in total. The first-order valence-corrected chi connectivity index (χ1v) is 9.12. The van der Waals surface area contributed by atoms with Gasteiger partial charge in [0.2, 0.25) is 11.8 Å². The molecule has 0 aromatic heterocycles. The van der Waals surface area contributed by atoms with Crippen molar-refractivity contribution >= 4 is 17.5 Å². The topological polar surface area (TPSA) is 61.4 Å². The number of hydrogen-bond donors (Lipinski definition) is 2. The zero-order chi connectivity index (χ0) is 18.2. The molecule has 136 valence electrons. The Bertz CT molecular complexity index is 620. The lowest BCUT2D eigenvalue weighted by molar-refractivity contribution is -0.133. The lowest BCUT2D eigenvalue weighted by atomic mass is 10.1.